The zero-order valence-electron chi connectivity index (χ0n) is 12.3. The van der Waals surface area contributed by atoms with E-state index in [0.29, 0.717) is 17.3 Å². The van der Waals surface area contributed by atoms with Gasteiger partial charge in [0.1, 0.15) is 6.33 Å². The summed E-state index contributed by atoms with van der Waals surface area (Å²) in [7, 11) is 0. The summed E-state index contributed by atoms with van der Waals surface area (Å²) < 4.78 is 2.37. The first kappa shape index (κ1) is 15.6. The minimum atomic E-state index is 0.532. The van der Waals surface area contributed by atoms with Gasteiger partial charge in [-0.05, 0) is 30.3 Å². The van der Waals surface area contributed by atoms with Crippen molar-refractivity contribution in [3.63, 3.8) is 0 Å². The summed E-state index contributed by atoms with van der Waals surface area (Å²) in [5.74, 6) is 0.610. The average molecular weight is 303 g/mol. The molecule has 21 heavy (non-hydrogen) atoms. The Balaban J connectivity index is 1.90. The molecule has 0 saturated heterocycles. The molecule has 0 aromatic carbocycles. The maximum atomic E-state index is 5.31. The molecule has 0 spiro atoms. The molecule has 0 amide bonds. The number of unbranched alkanes of at least 4 members (excludes halogenated alkanes) is 3. The lowest BCUT2D eigenvalue weighted by Crippen LogP contribution is -2.10. The van der Waals surface area contributed by atoms with E-state index in [-0.39, 0.29) is 0 Å². The largest absolute Gasteiger partial charge is 0.354 e. The van der Waals surface area contributed by atoms with Gasteiger partial charge >= 0.3 is 0 Å². The van der Waals surface area contributed by atoms with Crippen molar-refractivity contribution in [3.05, 3.63) is 41.2 Å². The van der Waals surface area contributed by atoms with Crippen molar-refractivity contribution in [2.24, 2.45) is 0 Å². The number of aromatic nitrogens is 4. The molecule has 0 aliphatic carbocycles. The summed E-state index contributed by atoms with van der Waals surface area (Å²) >= 11 is 5.31. The minimum absolute atomic E-state index is 0.532. The highest BCUT2D eigenvalue weighted by molar-refractivity contribution is 7.71. The minimum Gasteiger partial charge on any atom is -0.354 e. The standard InChI is InChI=1S/C15H21N5S/c1-2-3-4-5-9-17-14-18-12-20(15(21)19-14)11-13-7-6-8-16-10-13/h6-8,10,12H,2-5,9,11H2,1H3,(H,17,19,21). The monoisotopic (exact) mass is 303 g/mol. The van der Waals surface area contributed by atoms with Crippen LogP contribution in [-0.2, 0) is 6.54 Å². The summed E-state index contributed by atoms with van der Waals surface area (Å²) in [5.41, 5.74) is 1.08. The molecule has 0 aliphatic rings. The predicted octanol–water partition coefficient (Wildman–Crippen LogP) is 3.44. The fourth-order valence-corrected chi connectivity index (χ4v) is 2.19. The molecule has 0 fully saturated rings. The third-order valence-electron chi connectivity index (χ3n) is 3.16. The molecule has 2 heterocycles. The molecule has 2 aromatic rings. The van der Waals surface area contributed by atoms with Crippen LogP contribution in [0.5, 0.6) is 0 Å². The number of hydrogen-bond donors (Lipinski definition) is 1. The Morgan fingerprint density at radius 3 is 2.90 bits per heavy atom. The topological polar surface area (TPSA) is 55.6 Å². The molecule has 0 radical (unpaired) electrons. The van der Waals surface area contributed by atoms with Gasteiger partial charge in [0.05, 0.1) is 6.54 Å². The van der Waals surface area contributed by atoms with Crippen molar-refractivity contribution in [1.82, 2.24) is 19.5 Å². The van der Waals surface area contributed by atoms with Crippen LogP contribution in [0.2, 0.25) is 0 Å². The van der Waals surface area contributed by atoms with Crippen molar-refractivity contribution in [2.75, 3.05) is 11.9 Å². The van der Waals surface area contributed by atoms with Crippen molar-refractivity contribution >= 4 is 18.2 Å². The maximum Gasteiger partial charge on any atom is 0.226 e. The number of rotatable bonds is 8. The van der Waals surface area contributed by atoms with Gasteiger partial charge in [-0.25, -0.2) is 4.98 Å². The lowest BCUT2D eigenvalue weighted by Gasteiger charge is -2.08. The summed E-state index contributed by atoms with van der Waals surface area (Å²) in [4.78, 5) is 12.7. The van der Waals surface area contributed by atoms with Gasteiger partial charge in [-0.2, -0.15) is 4.98 Å². The zero-order valence-corrected chi connectivity index (χ0v) is 13.1. The van der Waals surface area contributed by atoms with Crippen LogP contribution in [0.4, 0.5) is 5.95 Å². The van der Waals surface area contributed by atoms with E-state index in [0.717, 1.165) is 18.5 Å². The van der Waals surface area contributed by atoms with Crippen molar-refractivity contribution < 1.29 is 0 Å². The van der Waals surface area contributed by atoms with Crippen LogP contribution in [0.1, 0.15) is 38.2 Å². The summed E-state index contributed by atoms with van der Waals surface area (Å²) in [6.07, 6.45) is 10.2. The Morgan fingerprint density at radius 2 is 2.19 bits per heavy atom. The molecule has 2 aromatic heterocycles. The molecule has 0 atom stereocenters. The molecular weight excluding hydrogens is 282 g/mol. The Hall–Kier alpha value is -1.82. The molecule has 0 aliphatic heterocycles. The lowest BCUT2D eigenvalue weighted by molar-refractivity contribution is 0.679. The van der Waals surface area contributed by atoms with Crippen LogP contribution < -0.4 is 5.32 Å². The van der Waals surface area contributed by atoms with Crippen LogP contribution in [0, 0.1) is 4.77 Å². The molecule has 0 bridgehead atoms. The number of hydrogen-bond acceptors (Lipinski definition) is 5. The highest BCUT2D eigenvalue weighted by Gasteiger charge is 2.00. The fourth-order valence-electron chi connectivity index (χ4n) is 1.99. The summed E-state index contributed by atoms with van der Waals surface area (Å²) in [6.45, 7) is 3.74. The van der Waals surface area contributed by atoms with E-state index >= 15 is 0 Å². The fraction of sp³-hybridized carbons (Fsp3) is 0.467. The first-order valence-electron chi connectivity index (χ1n) is 7.36. The maximum absolute atomic E-state index is 5.31. The van der Waals surface area contributed by atoms with E-state index in [2.05, 4.69) is 27.2 Å². The second-order valence-corrected chi connectivity index (χ2v) is 5.30. The van der Waals surface area contributed by atoms with Gasteiger partial charge in [0, 0.05) is 18.9 Å². The van der Waals surface area contributed by atoms with E-state index in [1.165, 1.54) is 19.3 Å². The van der Waals surface area contributed by atoms with E-state index in [9.17, 15) is 0 Å². The normalized spacial score (nSPS) is 10.5. The smallest absolute Gasteiger partial charge is 0.226 e. The van der Waals surface area contributed by atoms with Crippen LogP contribution in [0.25, 0.3) is 0 Å². The lowest BCUT2D eigenvalue weighted by atomic mass is 10.2. The molecule has 1 N–H and O–H groups in total. The Bertz CT molecular complexity index is 597. The van der Waals surface area contributed by atoms with Crippen LogP contribution >= 0.6 is 12.2 Å². The SMILES string of the molecule is CCCCCCNc1ncn(Cc2cccnc2)c(=S)n1. The van der Waals surface area contributed by atoms with Gasteiger partial charge in [-0.1, -0.05) is 32.3 Å². The van der Waals surface area contributed by atoms with E-state index in [1.807, 2.05) is 22.9 Å². The van der Waals surface area contributed by atoms with Gasteiger partial charge in [0.2, 0.25) is 10.7 Å². The quantitative estimate of drug-likeness (QED) is 0.598. The van der Waals surface area contributed by atoms with E-state index in [1.54, 1.807) is 12.5 Å². The van der Waals surface area contributed by atoms with Crippen LogP contribution in [-0.4, -0.2) is 26.1 Å². The summed E-state index contributed by atoms with van der Waals surface area (Å²) in [5, 5.41) is 3.22. The average Bonchev–Trinajstić information content (AvgIpc) is 2.51. The van der Waals surface area contributed by atoms with Gasteiger partial charge in [-0.15, -0.1) is 0 Å². The van der Waals surface area contributed by atoms with E-state index in [4.69, 9.17) is 12.2 Å². The Morgan fingerprint density at radius 1 is 1.29 bits per heavy atom. The van der Waals surface area contributed by atoms with Gasteiger partial charge in [0.15, 0.2) is 0 Å². The molecule has 0 unspecified atom stereocenters. The van der Waals surface area contributed by atoms with Gasteiger partial charge < -0.3 is 9.88 Å². The molecule has 6 heteroatoms. The Labute approximate surface area is 130 Å². The third kappa shape index (κ3) is 5.23. The second kappa shape index (κ2) is 8.46. The van der Waals surface area contributed by atoms with Crippen molar-refractivity contribution in [2.45, 2.75) is 39.2 Å². The Kier molecular flexibility index (Phi) is 6.27. The van der Waals surface area contributed by atoms with Crippen LogP contribution in [0.15, 0.2) is 30.9 Å². The van der Waals surface area contributed by atoms with Crippen LogP contribution in [0.3, 0.4) is 0 Å². The first-order valence-corrected chi connectivity index (χ1v) is 7.76. The number of anilines is 1. The number of nitrogens with one attached hydrogen (secondary N) is 1. The highest BCUT2D eigenvalue weighted by Crippen LogP contribution is 2.04. The second-order valence-electron chi connectivity index (χ2n) is 4.94. The molecule has 112 valence electrons. The molecule has 2 rings (SSSR count). The number of nitrogens with zero attached hydrogens (tertiary/aromatic N) is 4. The van der Waals surface area contributed by atoms with Gasteiger partial charge in [0.25, 0.3) is 0 Å². The summed E-state index contributed by atoms with van der Waals surface area (Å²) in [6, 6.07) is 3.92. The zero-order chi connectivity index (χ0) is 14.9. The van der Waals surface area contributed by atoms with Crippen molar-refractivity contribution in [1.29, 1.82) is 0 Å². The molecule has 5 nitrogen and oxygen atoms in total. The highest BCUT2D eigenvalue weighted by atomic mass is 32.1. The molecular formula is C15H21N5S. The predicted molar refractivity (Wildman–Crippen MR) is 86.8 cm³/mol. The van der Waals surface area contributed by atoms with E-state index < -0.39 is 0 Å². The third-order valence-corrected chi connectivity index (χ3v) is 3.48. The van der Waals surface area contributed by atoms with Crippen molar-refractivity contribution in [3.8, 4) is 0 Å². The number of pyridine rings is 1. The first-order chi connectivity index (χ1) is 10.3. The van der Waals surface area contributed by atoms with Gasteiger partial charge in [-0.3, -0.25) is 4.98 Å². The molecule has 0 saturated carbocycles.